The molecule has 0 saturated heterocycles. The summed E-state index contributed by atoms with van der Waals surface area (Å²) in [6.45, 7) is 3.38. The molecule has 1 amide bonds. The number of hydrogen-bond donors (Lipinski definition) is 2. The fraction of sp³-hybridized carbons (Fsp3) is 0.333. The Kier molecular flexibility index (Phi) is 3.63. The van der Waals surface area contributed by atoms with Gasteiger partial charge in [0.1, 0.15) is 5.56 Å². The summed E-state index contributed by atoms with van der Waals surface area (Å²) in [5.74, 6) is -0.404. The van der Waals surface area contributed by atoms with Crippen molar-refractivity contribution >= 4 is 16.8 Å². The van der Waals surface area contributed by atoms with E-state index in [0.717, 1.165) is 0 Å². The largest absolute Gasteiger partial charge is 0.389 e. The minimum absolute atomic E-state index is 0.0791. The zero-order valence-corrected chi connectivity index (χ0v) is 11.8. The van der Waals surface area contributed by atoms with Crippen molar-refractivity contribution in [2.24, 2.45) is 0 Å². The van der Waals surface area contributed by atoms with Crippen LogP contribution in [0.15, 0.2) is 35.3 Å². The topological polar surface area (TPSA) is 73.4 Å². The van der Waals surface area contributed by atoms with Gasteiger partial charge in [0.2, 0.25) is 5.43 Å². The van der Waals surface area contributed by atoms with E-state index in [2.05, 4.69) is 4.98 Å². The number of para-hydroxylation sites is 1. The summed E-state index contributed by atoms with van der Waals surface area (Å²) in [4.78, 5) is 28.9. The molecule has 106 valence electrons. The van der Waals surface area contributed by atoms with Gasteiger partial charge in [0.15, 0.2) is 0 Å². The molecule has 1 aromatic heterocycles. The van der Waals surface area contributed by atoms with Crippen LogP contribution in [-0.2, 0) is 0 Å². The molecule has 0 bridgehead atoms. The normalized spacial score (nSPS) is 11.6. The third kappa shape index (κ3) is 2.88. The van der Waals surface area contributed by atoms with E-state index < -0.39 is 11.5 Å². The quantitative estimate of drug-likeness (QED) is 0.888. The van der Waals surface area contributed by atoms with Gasteiger partial charge in [-0.2, -0.15) is 0 Å². The average molecular weight is 274 g/mol. The third-order valence-electron chi connectivity index (χ3n) is 2.99. The van der Waals surface area contributed by atoms with Crippen molar-refractivity contribution in [1.82, 2.24) is 9.88 Å². The highest BCUT2D eigenvalue weighted by Gasteiger charge is 2.22. The minimum atomic E-state index is -1.01. The molecular formula is C15H18N2O3. The Morgan fingerprint density at radius 1 is 1.35 bits per heavy atom. The summed E-state index contributed by atoms with van der Waals surface area (Å²) in [6, 6.07) is 7.04. The van der Waals surface area contributed by atoms with E-state index >= 15 is 0 Å². The Bertz CT molecular complexity index is 698. The number of rotatable bonds is 3. The molecule has 2 N–H and O–H groups in total. The van der Waals surface area contributed by atoms with E-state index in [4.69, 9.17) is 0 Å². The van der Waals surface area contributed by atoms with Gasteiger partial charge < -0.3 is 15.0 Å². The summed E-state index contributed by atoms with van der Waals surface area (Å²) in [5.41, 5.74) is -0.532. The van der Waals surface area contributed by atoms with Crippen LogP contribution in [-0.4, -0.2) is 40.1 Å². The number of hydrogen-bond acceptors (Lipinski definition) is 3. The maximum atomic E-state index is 12.3. The van der Waals surface area contributed by atoms with Crippen LogP contribution >= 0.6 is 0 Å². The van der Waals surface area contributed by atoms with Gasteiger partial charge in [-0.1, -0.05) is 12.1 Å². The van der Waals surface area contributed by atoms with Crippen LogP contribution in [0.25, 0.3) is 10.9 Å². The van der Waals surface area contributed by atoms with E-state index in [1.807, 2.05) is 6.07 Å². The molecule has 0 atom stereocenters. The third-order valence-corrected chi connectivity index (χ3v) is 2.99. The number of pyridine rings is 1. The Balaban J connectivity index is 2.41. The zero-order chi connectivity index (χ0) is 14.9. The fourth-order valence-electron chi connectivity index (χ4n) is 2.18. The number of H-pyrrole nitrogens is 1. The van der Waals surface area contributed by atoms with E-state index in [9.17, 15) is 14.7 Å². The summed E-state index contributed by atoms with van der Waals surface area (Å²) < 4.78 is 0. The van der Waals surface area contributed by atoms with Gasteiger partial charge in [0.25, 0.3) is 5.91 Å². The lowest BCUT2D eigenvalue weighted by Crippen LogP contribution is -2.41. The number of amides is 1. The first kappa shape index (κ1) is 14.3. The highest BCUT2D eigenvalue weighted by atomic mass is 16.3. The lowest BCUT2D eigenvalue weighted by Gasteiger charge is -2.25. The van der Waals surface area contributed by atoms with E-state index in [0.29, 0.717) is 10.9 Å². The Hall–Kier alpha value is -2.14. The average Bonchev–Trinajstić information content (AvgIpc) is 2.37. The Morgan fingerprint density at radius 3 is 2.65 bits per heavy atom. The number of carbonyl (C=O) groups excluding carboxylic acids is 1. The molecule has 0 aliphatic carbocycles. The molecule has 0 radical (unpaired) electrons. The van der Waals surface area contributed by atoms with Gasteiger partial charge in [-0.15, -0.1) is 0 Å². The van der Waals surface area contributed by atoms with Crippen LogP contribution in [0.3, 0.4) is 0 Å². The molecule has 0 aliphatic rings. The SMILES string of the molecule is CN(CC(C)(C)O)C(=O)c1c[nH]c2ccccc2c1=O. The van der Waals surface area contributed by atoms with Crippen molar-refractivity contribution in [2.75, 3.05) is 13.6 Å². The number of aromatic amines is 1. The summed E-state index contributed by atoms with van der Waals surface area (Å²) in [5, 5.41) is 10.2. The fourth-order valence-corrected chi connectivity index (χ4v) is 2.18. The van der Waals surface area contributed by atoms with E-state index in [1.165, 1.54) is 11.1 Å². The van der Waals surface area contributed by atoms with Crippen molar-refractivity contribution in [2.45, 2.75) is 19.4 Å². The predicted octanol–water partition coefficient (Wildman–Crippen LogP) is 1.37. The molecule has 2 aromatic rings. The molecule has 0 spiro atoms. The molecule has 0 fully saturated rings. The summed E-state index contributed by atoms with van der Waals surface area (Å²) in [7, 11) is 1.56. The first-order chi connectivity index (χ1) is 9.29. The molecule has 0 aliphatic heterocycles. The first-order valence-electron chi connectivity index (χ1n) is 6.38. The number of benzene rings is 1. The van der Waals surface area contributed by atoms with Crippen molar-refractivity contribution in [3.05, 3.63) is 46.2 Å². The number of aliphatic hydroxyl groups is 1. The number of fused-ring (bicyclic) bond motifs is 1. The second-order valence-electron chi connectivity index (χ2n) is 5.55. The molecule has 0 unspecified atom stereocenters. The van der Waals surface area contributed by atoms with Gasteiger partial charge >= 0.3 is 0 Å². The molecule has 5 heteroatoms. The number of nitrogens with zero attached hydrogens (tertiary/aromatic N) is 1. The van der Waals surface area contributed by atoms with Gasteiger partial charge in [-0.25, -0.2) is 0 Å². The summed E-state index contributed by atoms with van der Waals surface area (Å²) in [6.07, 6.45) is 1.42. The van der Waals surface area contributed by atoms with Crippen LogP contribution in [0.1, 0.15) is 24.2 Å². The summed E-state index contributed by atoms with van der Waals surface area (Å²) >= 11 is 0. The Morgan fingerprint density at radius 2 is 2.00 bits per heavy atom. The zero-order valence-electron chi connectivity index (χ0n) is 11.8. The Labute approximate surface area is 116 Å². The molecule has 1 aromatic carbocycles. The number of likely N-dealkylation sites (N-methyl/N-ethyl adjacent to an activating group) is 1. The predicted molar refractivity (Wildman–Crippen MR) is 77.8 cm³/mol. The number of carbonyl (C=O) groups is 1. The standard InChI is InChI=1S/C15H18N2O3/c1-15(2,20)9-17(3)14(19)11-8-16-12-7-5-4-6-10(12)13(11)18/h4-8,20H,9H2,1-3H3,(H,16,18). The van der Waals surface area contributed by atoms with Crippen LogP contribution in [0.2, 0.25) is 0 Å². The number of nitrogens with one attached hydrogen (secondary N) is 1. The van der Waals surface area contributed by atoms with Crippen molar-refractivity contribution < 1.29 is 9.90 Å². The molecule has 20 heavy (non-hydrogen) atoms. The highest BCUT2D eigenvalue weighted by molar-refractivity contribution is 5.97. The van der Waals surface area contributed by atoms with Crippen molar-refractivity contribution in [3.8, 4) is 0 Å². The number of aromatic nitrogens is 1. The van der Waals surface area contributed by atoms with Crippen LogP contribution in [0, 0.1) is 0 Å². The monoisotopic (exact) mass is 274 g/mol. The molecule has 1 heterocycles. The van der Waals surface area contributed by atoms with Gasteiger partial charge in [0, 0.05) is 30.7 Å². The lowest BCUT2D eigenvalue weighted by atomic mass is 10.1. The van der Waals surface area contributed by atoms with E-state index in [-0.39, 0.29) is 17.5 Å². The van der Waals surface area contributed by atoms with Gasteiger partial charge in [0.05, 0.1) is 5.60 Å². The molecule has 5 nitrogen and oxygen atoms in total. The van der Waals surface area contributed by atoms with Crippen LogP contribution in [0.4, 0.5) is 0 Å². The smallest absolute Gasteiger partial charge is 0.259 e. The second-order valence-corrected chi connectivity index (χ2v) is 5.55. The maximum Gasteiger partial charge on any atom is 0.259 e. The first-order valence-corrected chi connectivity index (χ1v) is 6.38. The highest BCUT2D eigenvalue weighted by Crippen LogP contribution is 2.10. The van der Waals surface area contributed by atoms with Gasteiger partial charge in [-0.3, -0.25) is 9.59 Å². The maximum absolute atomic E-state index is 12.3. The molecule has 0 saturated carbocycles. The minimum Gasteiger partial charge on any atom is -0.389 e. The van der Waals surface area contributed by atoms with Crippen molar-refractivity contribution in [1.29, 1.82) is 0 Å². The van der Waals surface area contributed by atoms with E-state index in [1.54, 1.807) is 39.1 Å². The molecule has 2 rings (SSSR count). The molecular weight excluding hydrogens is 256 g/mol. The van der Waals surface area contributed by atoms with Gasteiger partial charge in [-0.05, 0) is 26.0 Å². The van der Waals surface area contributed by atoms with Crippen LogP contribution in [0.5, 0.6) is 0 Å². The lowest BCUT2D eigenvalue weighted by molar-refractivity contribution is 0.0367. The van der Waals surface area contributed by atoms with Crippen molar-refractivity contribution in [3.63, 3.8) is 0 Å². The van der Waals surface area contributed by atoms with Crippen LogP contribution < -0.4 is 5.43 Å². The second kappa shape index (κ2) is 5.09.